The number of fused-ring (bicyclic) bond motifs is 2. The zero-order chi connectivity index (χ0) is 38.6. The topological polar surface area (TPSA) is 226 Å². The Labute approximate surface area is 312 Å². The molecule has 2 heterocycles. The Balaban J connectivity index is 1.31. The molecule has 6 N–H and O–H groups in total. The van der Waals surface area contributed by atoms with Gasteiger partial charge in [0.2, 0.25) is 16.5 Å². The number of aliphatic carboxylic acids is 2. The van der Waals surface area contributed by atoms with E-state index in [1.807, 2.05) is 71.3 Å². The molecule has 2 amide bonds. The quantitative estimate of drug-likeness (QED) is 0.0870. The number of carboxylic acids is 2. The number of carbonyl (C=O) groups excluding carboxylic acids is 2. The van der Waals surface area contributed by atoms with Gasteiger partial charge >= 0.3 is 11.9 Å². The van der Waals surface area contributed by atoms with Crippen LogP contribution >= 0.6 is 22.7 Å². The van der Waals surface area contributed by atoms with Crippen molar-refractivity contribution >= 4 is 66.6 Å². The van der Waals surface area contributed by atoms with Gasteiger partial charge in [0.15, 0.2) is 10.1 Å². The maximum Gasteiger partial charge on any atom is 0.351 e. The van der Waals surface area contributed by atoms with Gasteiger partial charge in [-0.1, -0.05) is 83.3 Å². The van der Waals surface area contributed by atoms with Crippen LogP contribution in [0.2, 0.25) is 0 Å². The van der Waals surface area contributed by atoms with Crippen molar-refractivity contribution in [2.75, 3.05) is 0 Å². The molecule has 0 atom stereocenters. The second-order valence-electron chi connectivity index (χ2n) is 11.8. The highest BCUT2D eigenvalue weighted by atomic mass is 32.1. The first-order chi connectivity index (χ1) is 25.8. The number of rotatable bonds is 13. The van der Waals surface area contributed by atoms with Crippen molar-refractivity contribution in [1.29, 1.82) is 0 Å². The molecule has 4 aromatic carbocycles. The predicted molar refractivity (Wildman–Crippen MR) is 199 cm³/mol. The van der Waals surface area contributed by atoms with Crippen LogP contribution in [-0.2, 0) is 22.8 Å². The Morgan fingerprint density at radius 3 is 1.39 bits per heavy atom. The van der Waals surface area contributed by atoms with Crippen LogP contribution in [0.4, 0.5) is 0 Å². The molecule has 0 bridgehead atoms. The van der Waals surface area contributed by atoms with Crippen LogP contribution in [0.5, 0.6) is 21.6 Å². The number of nitrogens with one attached hydrogen (secondary N) is 2. The summed E-state index contributed by atoms with van der Waals surface area (Å²) in [4.78, 5) is 79.1. The fourth-order valence-corrected chi connectivity index (χ4v) is 7.22. The van der Waals surface area contributed by atoms with Crippen molar-refractivity contribution in [2.24, 2.45) is 0 Å². The van der Waals surface area contributed by atoms with Gasteiger partial charge in [0.05, 0.1) is 6.42 Å². The third kappa shape index (κ3) is 7.84. The number of hydrogen-bond acceptors (Lipinski definition) is 12. The number of amides is 2. The van der Waals surface area contributed by atoms with Gasteiger partial charge in [-0.25, -0.2) is 4.79 Å². The average Bonchev–Trinajstić information content (AvgIpc) is 3.14. The molecule has 14 nitrogen and oxygen atoms in total. The molecule has 0 unspecified atom stereocenters. The maximum absolute atomic E-state index is 13.6. The van der Waals surface area contributed by atoms with Crippen LogP contribution < -0.4 is 31.0 Å². The van der Waals surface area contributed by atoms with E-state index in [1.165, 1.54) is 24.3 Å². The Morgan fingerprint density at radius 2 is 1.02 bits per heavy atom. The lowest BCUT2D eigenvalue weighted by Gasteiger charge is -2.30. The van der Waals surface area contributed by atoms with Crippen molar-refractivity contribution in [1.82, 2.24) is 10.6 Å². The third-order valence-corrected chi connectivity index (χ3v) is 10.0. The molecule has 0 saturated heterocycles. The van der Waals surface area contributed by atoms with Crippen molar-refractivity contribution in [3.05, 3.63) is 140 Å². The summed E-state index contributed by atoms with van der Waals surface area (Å²) >= 11 is 1.21. The maximum atomic E-state index is 13.6. The lowest BCUT2D eigenvalue weighted by atomic mass is 10.0. The number of aromatic hydroxyl groups is 2. The summed E-state index contributed by atoms with van der Waals surface area (Å²) in [7, 11) is 0. The van der Waals surface area contributed by atoms with Gasteiger partial charge in [0, 0.05) is 20.2 Å². The largest absolute Gasteiger partial charge is 0.499 e. The van der Waals surface area contributed by atoms with Crippen LogP contribution in [-0.4, -0.2) is 49.8 Å². The minimum Gasteiger partial charge on any atom is -0.499 e. The monoisotopic (exact) mass is 768 g/mol. The van der Waals surface area contributed by atoms with E-state index in [2.05, 4.69) is 0 Å². The van der Waals surface area contributed by atoms with E-state index in [1.54, 1.807) is 12.1 Å². The Morgan fingerprint density at radius 1 is 0.611 bits per heavy atom. The SMILES string of the molecule is O=C(O)CC(NC(=O)c1c(O)sc2ccc(OCc3ccccc3)cc2c1=O)(NC(=O)c1c(O)sc2ccc(OCc3ccccc3)cc2c1=O)C(=O)O. The first kappa shape index (κ1) is 37.0. The van der Waals surface area contributed by atoms with Crippen molar-refractivity contribution in [3.8, 4) is 21.6 Å². The Bertz CT molecular complexity index is 2390. The van der Waals surface area contributed by atoms with E-state index in [-0.39, 0.29) is 44.9 Å². The van der Waals surface area contributed by atoms with Crippen molar-refractivity contribution < 1.29 is 49.1 Å². The van der Waals surface area contributed by atoms with Crippen LogP contribution in [0.3, 0.4) is 0 Å². The van der Waals surface area contributed by atoms with E-state index in [0.717, 1.165) is 11.1 Å². The molecule has 54 heavy (non-hydrogen) atoms. The molecule has 0 fully saturated rings. The number of ether oxygens (including phenoxy) is 2. The first-order valence-corrected chi connectivity index (χ1v) is 17.5. The molecule has 6 rings (SSSR count). The van der Waals surface area contributed by atoms with Crippen LogP contribution in [0.15, 0.2) is 107 Å². The Kier molecular flexibility index (Phi) is 10.6. The van der Waals surface area contributed by atoms with Gasteiger partial charge in [-0.3, -0.25) is 24.0 Å². The highest BCUT2D eigenvalue weighted by molar-refractivity contribution is 7.20. The van der Waals surface area contributed by atoms with Crippen LogP contribution in [0, 0.1) is 0 Å². The second-order valence-corrected chi connectivity index (χ2v) is 13.8. The smallest absolute Gasteiger partial charge is 0.351 e. The lowest BCUT2D eigenvalue weighted by molar-refractivity contribution is -0.152. The molecule has 0 saturated carbocycles. The van der Waals surface area contributed by atoms with Crippen LogP contribution in [0.25, 0.3) is 20.2 Å². The van der Waals surface area contributed by atoms with E-state index in [0.29, 0.717) is 22.7 Å². The molecule has 0 aliphatic carbocycles. The fourth-order valence-electron chi connectivity index (χ4n) is 5.43. The molecule has 16 heteroatoms. The highest BCUT2D eigenvalue weighted by Crippen LogP contribution is 2.32. The van der Waals surface area contributed by atoms with Crippen molar-refractivity contribution in [3.63, 3.8) is 0 Å². The predicted octanol–water partition coefficient (Wildman–Crippen LogP) is 4.82. The molecule has 274 valence electrons. The van der Waals surface area contributed by atoms with Gasteiger partial charge < -0.3 is 40.5 Å². The summed E-state index contributed by atoms with van der Waals surface area (Å²) in [6, 6.07) is 26.9. The zero-order valence-corrected chi connectivity index (χ0v) is 29.4. The summed E-state index contributed by atoms with van der Waals surface area (Å²) in [5, 5.41) is 43.4. The van der Waals surface area contributed by atoms with E-state index >= 15 is 0 Å². The zero-order valence-electron chi connectivity index (χ0n) is 27.7. The van der Waals surface area contributed by atoms with Gasteiger partial charge in [0.25, 0.3) is 11.8 Å². The second kappa shape index (κ2) is 15.4. The normalized spacial score (nSPS) is 11.2. The lowest BCUT2D eigenvalue weighted by Crippen LogP contribution is -2.67. The summed E-state index contributed by atoms with van der Waals surface area (Å²) < 4.78 is 12.0. The molecule has 2 aromatic heterocycles. The number of carbonyl (C=O) groups is 4. The molecule has 0 aliphatic heterocycles. The molecule has 0 aliphatic rings. The fraction of sp³-hybridized carbons (Fsp3) is 0.105. The summed E-state index contributed by atoms with van der Waals surface area (Å²) in [5.41, 5.74) is -5.52. The molecular formula is C38H28N2O12S2. The van der Waals surface area contributed by atoms with E-state index in [4.69, 9.17) is 9.47 Å². The molecule has 6 aromatic rings. The Hall–Kier alpha value is -6.78. The van der Waals surface area contributed by atoms with Gasteiger partial charge in [-0.15, -0.1) is 0 Å². The summed E-state index contributed by atoms with van der Waals surface area (Å²) in [6.45, 7) is 0.292. The summed E-state index contributed by atoms with van der Waals surface area (Å²) in [5.74, 6) is -6.55. The van der Waals surface area contributed by atoms with Gasteiger partial charge in [-0.05, 0) is 47.5 Å². The number of carboxylic acid groups (broad SMARTS) is 2. The molecule has 0 radical (unpaired) electrons. The average molecular weight is 769 g/mol. The molecule has 0 spiro atoms. The van der Waals surface area contributed by atoms with Gasteiger partial charge in [0.1, 0.15) is 35.8 Å². The highest BCUT2D eigenvalue weighted by Gasteiger charge is 2.46. The first-order valence-electron chi connectivity index (χ1n) is 15.9. The van der Waals surface area contributed by atoms with Gasteiger partial charge in [-0.2, -0.15) is 0 Å². The summed E-state index contributed by atoms with van der Waals surface area (Å²) in [6.07, 6.45) is -1.49. The molecular weight excluding hydrogens is 741 g/mol. The van der Waals surface area contributed by atoms with Crippen LogP contribution in [0.1, 0.15) is 38.3 Å². The number of benzene rings is 4. The third-order valence-electron chi connectivity index (χ3n) is 8.07. The van der Waals surface area contributed by atoms with E-state index < -0.39 is 67.9 Å². The minimum atomic E-state index is -3.20. The van der Waals surface area contributed by atoms with E-state index in [9.17, 15) is 49.2 Å². The standard InChI is InChI=1S/C38H28N2O12S2/c41-28(42)17-38(37(49)50,39-33(45)29-31(43)24-15-22(11-13-26(24)53-35(29)47)51-18-20-7-3-1-4-8-20)40-34(46)30-32(44)25-16-23(12-14-27(25)54-36(30)48)52-19-21-9-5-2-6-10-21/h1-16,47-48H,17-19H2,(H,39,45)(H,40,46)(H,41,42)(H,49,50). The number of hydrogen-bond donors (Lipinski definition) is 6. The minimum absolute atomic E-state index is 0.0811. The van der Waals surface area contributed by atoms with Crippen molar-refractivity contribution in [2.45, 2.75) is 25.3 Å².